The van der Waals surface area contributed by atoms with Gasteiger partial charge in [0.1, 0.15) is 6.29 Å². The second kappa shape index (κ2) is 4.55. The molecule has 0 spiro atoms. The molecule has 1 aromatic carbocycles. The average molecular weight is 200 g/mol. The zero-order valence-corrected chi connectivity index (χ0v) is 8.34. The predicted molar refractivity (Wildman–Crippen MR) is 57.9 cm³/mol. The Kier molecular flexibility index (Phi) is 2.93. The van der Waals surface area contributed by atoms with Crippen molar-refractivity contribution in [3.63, 3.8) is 0 Å². The lowest BCUT2D eigenvalue weighted by molar-refractivity contribution is -0.107. The van der Waals surface area contributed by atoms with E-state index in [0.29, 0.717) is 6.42 Å². The van der Waals surface area contributed by atoms with Crippen LogP contribution in [0.5, 0.6) is 0 Å². The molecule has 2 aromatic rings. The average Bonchev–Trinajstić information content (AvgIpc) is 2.80. The second-order valence-corrected chi connectivity index (χ2v) is 3.32. The van der Waals surface area contributed by atoms with Gasteiger partial charge in [-0.15, -0.1) is 0 Å². The zero-order valence-electron chi connectivity index (χ0n) is 8.34. The number of hydrogen-bond acceptors (Lipinski definition) is 2. The molecule has 0 aliphatic heterocycles. The van der Waals surface area contributed by atoms with Crippen molar-refractivity contribution >= 4 is 6.29 Å². The summed E-state index contributed by atoms with van der Waals surface area (Å²) in [5.74, 6) is 0. The van der Waals surface area contributed by atoms with Crippen molar-refractivity contribution in [2.24, 2.45) is 0 Å². The molecular weight excluding hydrogens is 188 g/mol. The first-order valence-corrected chi connectivity index (χ1v) is 4.93. The summed E-state index contributed by atoms with van der Waals surface area (Å²) in [6.45, 7) is 0. The van der Waals surface area contributed by atoms with Gasteiger partial charge in [-0.25, -0.2) is 4.68 Å². The second-order valence-electron chi connectivity index (χ2n) is 3.32. The third kappa shape index (κ3) is 2.31. The van der Waals surface area contributed by atoms with Crippen molar-refractivity contribution in [1.29, 1.82) is 0 Å². The Balaban J connectivity index is 2.14. The molecule has 0 saturated carbocycles. The smallest absolute Gasteiger partial charge is 0.120 e. The van der Waals surface area contributed by atoms with Crippen LogP contribution in [0.15, 0.2) is 42.7 Å². The molecule has 0 aliphatic carbocycles. The van der Waals surface area contributed by atoms with E-state index < -0.39 is 0 Å². The van der Waals surface area contributed by atoms with Gasteiger partial charge in [0.2, 0.25) is 0 Å². The van der Waals surface area contributed by atoms with E-state index in [1.54, 1.807) is 6.20 Å². The van der Waals surface area contributed by atoms with Gasteiger partial charge in [-0.2, -0.15) is 5.10 Å². The molecule has 1 heterocycles. The molecule has 0 saturated heterocycles. The van der Waals surface area contributed by atoms with Gasteiger partial charge in [-0.1, -0.05) is 12.1 Å². The number of nitrogens with zero attached hydrogens (tertiary/aromatic N) is 2. The summed E-state index contributed by atoms with van der Waals surface area (Å²) < 4.78 is 1.81. The van der Waals surface area contributed by atoms with E-state index in [1.807, 2.05) is 41.2 Å². The number of hydrogen-bond donors (Lipinski definition) is 0. The summed E-state index contributed by atoms with van der Waals surface area (Å²) in [5.41, 5.74) is 2.22. The highest BCUT2D eigenvalue weighted by molar-refractivity contribution is 5.50. The summed E-state index contributed by atoms with van der Waals surface area (Å²) in [7, 11) is 0. The van der Waals surface area contributed by atoms with Crippen LogP contribution >= 0.6 is 0 Å². The van der Waals surface area contributed by atoms with Crippen LogP contribution in [0.1, 0.15) is 12.0 Å². The van der Waals surface area contributed by atoms with Crippen LogP contribution in [0.25, 0.3) is 5.69 Å². The molecule has 3 nitrogen and oxygen atoms in total. The fourth-order valence-corrected chi connectivity index (χ4v) is 1.46. The molecule has 3 heteroatoms. The molecule has 2 rings (SSSR count). The summed E-state index contributed by atoms with van der Waals surface area (Å²) in [4.78, 5) is 10.2. The summed E-state index contributed by atoms with van der Waals surface area (Å²) in [5, 5.41) is 4.14. The van der Waals surface area contributed by atoms with Crippen LogP contribution in [-0.4, -0.2) is 16.1 Å². The number of rotatable bonds is 4. The number of carbonyl (C=O) groups excluding carboxylic acids is 1. The van der Waals surface area contributed by atoms with E-state index in [4.69, 9.17) is 0 Å². The fraction of sp³-hybridized carbons (Fsp3) is 0.167. The van der Waals surface area contributed by atoms with E-state index in [2.05, 4.69) is 5.10 Å². The molecule has 0 amide bonds. The number of aryl methyl sites for hydroxylation is 1. The van der Waals surface area contributed by atoms with Crippen LogP contribution in [0.3, 0.4) is 0 Å². The number of aldehydes is 1. The summed E-state index contributed by atoms with van der Waals surface area (Å²) >= 11 is 0. The Hall–Kier alpha value is -1.90. The van der Waals surface area contributed by atoms with Crippen molar-refractivity contribution in [3.05, 3.63) is 48.3 Å². The van der Waals surface area contributed by atoms with Gasteiger partial charge in [0.15, 0.2) is 0 Å². The van der Waals surface area contributed by atoms with Crippen molar-refractivity contribution in [2.45, 2.75) is 12.8 Å². The molecule has 0 atom stereocenters. The quantitative estimate of drug-likeness (QED) is 0.707. The minimum absolute atomic E-state index is 0.584. The first-order valence-electron chi connectivity index (χ1n) is 4.93. The maximum absolute atomic E-state index is 10.2. The molecule has 0 unspecified atom stereocenters. The monoisotopic (exact) mass is 200 g/mol. The highest BCUT2D eigenvalue weighted by Gasteiger charge is 1.96. The van der Waals surface area contributed by atoms with Crippen LogP contribution in [0, 0.1) is 0 Å². The first kappa shape index (κ1) is 9.65. The number of benzene rings is 1. The van der Waals surface area contributed by atoms with E-state index in [1.165, 1.54) is 5.56 Å². The van der Waals surface area contributed by atoms with Gasteiger partial charge in [-0.05, 0) is 30.2 Å². The summed E-state index contributed by atoms with van der Waals surface area (Å²) in [6, 6.07) is 9.96. The molecule has 0 radical (unpaired) electrons. The zero-order chi connectivity index (χ0) is 10.5. The minimum Gasteiger partial charge on any atom is -0.303 e. The van der Waals surface area contributed by atoms with Gasteiger partial charge >= 0.3 is 0 Å². The molecule has 0 bridgehead atoms. The lowest BCUT2D eigenvalue weighted by Crippen LogP contribution is -1.94. The molecule has 0 N–H and O–H groups in total. The van der Waals surface area contributed by atoms with Gasteiger partial charge < -0.3 is 4.79 Å². The molecule has 15 heavy (non-hydrogen) atoms. The Morgan fingerprint density at radius 3 is 2.67 bits per heavy atom. The topological polar surface area (TPSA) is 34.9 Å². The molecular formula is C12H12N2O. The van der Waals surface area contributed by atoms with Crippen molar-refractivity contribution in [1.82, 2.24) is 9.78 Å². The maximum atomic E-state index is 10.2. The van der Waals surface area contributed by atoms with Gasteiger partial charge in [0, 0.05) is 18.8 Å². The van der Waals surface area contributed by atoms with Gasteiger partial charge in [0.05, 0.1) is 5.69 Å². The minimum atomic E-state index is 0.584. The van der Waals surface area contributed by atoms with Gasteiger partial charge in [-0.3, -0.25) is 0 Å². The predicted octanol–water partition coefficient (Wildman–Crippen LogP) is 2.00. The van der Waals surface area contributed by atoms with E-state index >= 15 is 0 Å². The van der Waals surface area contributed by atoms with Crippen LogP contribution < -0.4 is 0 Å². The van der Waals surface area contributed by atoms with E-state index in [9.17, 15) is 4.79 Å². The third-order valence-electron chi connectivity index (χ3n) is 2.26. The van der Waals surface area contributed by atoms with Crippen molar-refractivity contribution in [3.8, 4) is 5.69 Å². The highest BCUT2D eigenvalue weighted by atomic mass is 16.1. The maximum Gasteiger partial charge on any atom is 0.120 e. The lowest BCUT2D eigenvalue weighted by atomic mass is 10.1. The number of carbonyl (C=O) groups is 1. The first-order chi connectivity index (χ1) is 7.40. The van der Waals surface area contributed by atoms with Crippen LogP contribution in [0.2, 0.25) is 0 Å². The molecule has 0 fully saturated rings. The molecule has 1 aromatic heterocycles. The Morgan fingerprint density at radius 2 is 2.07 bits per heavy atom. The summed E-state index contributed by atoms with van der Waals surface area (Å²) in [6.07, 6.45) is 5.99. The van der Waals surface area contributed by atoms with Crippen LogP contribution in [-0.2, 0) is 11.2 Å². The Morgan fingerprint density at radius 1 is 1.27 bits per heavy atom. The Bertz CT molecular complexity index is 417. The third-order valence-corrected chi connectivity index (χ3v) is 2.26. The van der Waals surface area contributed by atoms with E-state index in [-0.39, 0.29) is 0 Å². The largest absolute Gasteiger partial charge is 0.303 e. The highest BCUT2D eigenvalue weighted by Crippen LogP contribution is 2.09. The van der Waals surface area contributed by atoms with Crippen molar-refractivity contribution < 1.29 is 4.79 Å². The molecule has 0 aliphatic rings. The molecule has 76 valence electrons. The number of aromatic nitrogens is 2. The Labute approximate surface area is 88.4 Å². The fourth-order valence-electron chi connectivity index (χ4n) is 1.46. The standard InChI is InChI=1S/C12H12N2O/c15-10-1-3-11-4-6-12(7-5-11)14-9-2-8-13-14/h2,4-10H,1,3H2. The normalized spacial score (nSPS) is 10.1. The van der Waals surface area contributed by atoms with Crippen molar-refractivity contribution in [2.75, 3.05) is 0 Å². The SMILES string of the molecule is O=CCCc1ccc(-n2cccn2)cc1. The van der Waals surface area contributed by atoms with Gasteiger partial charge in [0.25, 0.3) is 0 Å². The lowest BCUT2D eigenvalue weighted by Gasteiger charge is -2.02. The van der Waals surface area contributed by atoms with Crippen LogP contribution in [0.4, 0.5) is 0 Å². The van der Waals surface area contributed by atoms with E-state index in [0.717, 1.165) is 18.4 Å².